The lowest BCUT2D eigenvalue weighted by molar-refractivity contribution is -0.389. The number of hydrogen-bond acceptors (Lipinski definition) is 27. The van der Waals surface area contributed by atoms with Gasteiger partial charge in [0, 0.05) is 19.4 Å². The van der Waals surface area contributed by atoms with E-state index in [0.717, 1.165) is 31.1 Å². The number of aliphatic hydroxyl groups excluding tert-OH is 8. The molecule has 28 atom stereocenters. The Kier molecular flexibility index (Phi) is 20.1. The lowest BCUT2D eigenvalue weighted by Crippen LogP contribution is -2.67. The second-order valence-corrected chi connectivity index (χ2v) is 28.7. The molecule has 0 aromatic rings. The number of methoxy groups -OCH3 is 1. The Morgan fingerprint density at radius 2 is 1.36 bits per heavy atom. The van der Waals surface area contributed by atoms with Crippen molar-refractivity contribution in [2.75, 3.05) is 26.9 Å². The largest absolute Gasteiger partial charge is 0.462 e. The van der Waals surface area contributed by atoms with Crippen LogP contribution in [0.25, 0.3) is 0 Å². The van der Waals surface area contributed by atoms with Crippen LogP contribution in [0.4, 0.5) is 0 Å². The van der Waals surface area contributed by atoms with Gasteiger partial charge < -0.3 is 93.0 Å². The van der Waals surface area contributed by atoms with Gasteiger partial charge in [0.25, 0.3) is 0 Å². The fourth-order valence-corrected chi connectivity index (χ4v) is 17.6. The molecule has 9 rings (SSSR count). The van der Waals surface area contributed by atoms with Crippen LogP contribution < -0.4 is 0 Å². The number of aliphatic hydroxyl groups is 8. The van der Waals surface area contributed by atoms with Crippen LogP contribution >= 0.6 is 0 Å². The van der Waals surface area contributed by atoms with Gasteiger partial charge in [0.2, 0.25) is 0 Å². The molecule has 87 heavy (non-hydrogen) atoms. The molecule has 31 heteroatoms. The molecule has 3 saturated carbocycles. The summed E-state index contributed by atoms with van der Waals surface area (Å²) in [5.41, 5.74) is -1.40. The summed E-state index contributed by atoms with van der Waals surface area (Å²) in [5, 5.41) is 89.7. The minimum Gasteiger partial charge on any atom is -0.462 e. The topological polar surface area (TPSA) is 425 Å². The Bertz CT molecular complexity index is 2770. The van der Waals surface area contributed by atoms with E-state index in [2.05, 4.69) is 44.5 Å². The highest BCUT2D eigenvalue weighted by Gasteiger charge is 2.79. The van der Waals surface area contributed by atoms with Crippen LogP contribution in [0.5, 0.6) is 0 Å². The van der Waals surface area contributed by atoms with Gasteiger partial charge in [-0.15, -0.1) is 6.58 Å². The van der Waals surface area contributed by atoms with Crippen molar-refractivity contribution in [3.63, 3.8) is 0 Å². The van der Waals surface area contributed by atoms with Crippen LogP contribution in [0.3, 0.4) is 0 Å². The fraction of sp³-hybridized carbons (Fsp3) is 0.893. The molecule has 0 unspecified atom stereocenters. The van der Waals surface area contributed by atoms with E-state index in [0.29, 0.717) is 44.9 Å². The van der Waals surface area contributed by atoms with Gasteiger partial charge in [-0.1, -0.05) is 44.9 Å². The lowest BCUT2D eigenvalue weighted by Gasteiger charge is -2.64. The maximum atomic E-state index is 14.7. The highest BCUT2D eigenvalue weighted by molar-refractivity contribution is 7.81. The summed E-state index contributed by atoms with van der Waals surface area (Å²) in [6, 6.07) is 0. The summed E-state index contributed by atoms with van der Waals surface area (Å²) in [6.45, 7) is 16.6. The molecule has 4 aliphatic carbocycles. The Balaban J connectivity index is 0.928. The Hall–Kier alpha value is -2.52. The lowest BCUT2D eigenvalue weighted by atomic mass is 9.41. The van der Waals surface area contributed by atoms with E-state index in [1.54, 1.807) is 0 Å². The monoisotopic (exact) mass is 1290 g/mol. The third-order valence-corrected chi connectivity index (χ3v) is 21.8. The van der Waals surface area contributed by atoms with Crippen molar-refractivity contribution >= 4 is 32.7 Å². The Morgan fingerprint density at radius 1 is 0.736 bits per heavy atom. The number of allylic oxidation sites excluding steroid dienone is 3. The van der Waals surface area contributed by atoms with Crippen LogP contribution in [-0.4, -0.2) is 240 Å². The number of cyclic esters (lactones) is 1. The van der Waals surface area contributed by atoms with E-state index in [9.17, 15) is 76.4 Å². The summed E-state index contributed by atoms with van der Waals surface area (Å²) < 4.78 is 141. The van der Waals surface area contributed by atoms with Gasteiger partial charge in [0.05, 0.1) is 43.4 Å². The number of carbonyl (C=O) groups excluding carboxylic acids is 2. The predicted octanol–water partition coefficient (Wildman–Crippen LogP) is -0.192. The average Bonchev–Trinajstić information content (AvgIpc) is 1.53. The molecule has 0 bridgehead atoms. The van der Waals surface area contributed by atoms with Gasteiger partial charge in [0.1, 0.15) is 97.2 Å². The number of carbonyl (C=O) groups is 2. The summed E-state index contributed by atoms with van der Waals surface area (Å²) in [4.78, 5) is 27.5. The first-order valence-corrected chi connectivity index (χ1v) is 32.3. The molecule has 10 N–H and O–H groups in total. The number of hydrogen-bond donors (Lipinski definition) is 10. The minimum atomic E-state index is -5.23. The maximum absolute atomic E-state index is 14.7. The van der Waals surface area contributed by atoms with Gasteiger partial charge in [-0.2, -0.15) is 16.8 Å². The fourth-order valence-electron chi connectivity index (χ4n) is 16.8. The van der Waals surface area contributed by atoms with Gasteiger partial charge in [0.15, 0.2) is 25.2 Å². The molecule has 0 radical (unpaired) electrons. The Morgan fingerprint density at radius 3 is 1.98 bits per heavy atom. The van der Waals surface area contributed by atoms with Crippen molar-refractivity contribution in [3.8, 4) is 0 Å². The zero-order chi connectivity index (χ0) is 64.1. The molecule has 5 heterocycles. The molecule has 8 fully saturated rings. The van der Waals surface area contributed by atoms with Crippen molar-refractivity contribution in [1.29, 1.82) is 0 Å². The van der Waals surface area contributed by atoms with E-state index in [4.69, 9.17) is 56.3 Å². The smallest absolute Gasteiger partial charge is 0.397 e. The third-order valence-electron chi connectivity index (χ3n) is 20.8. The van der Waals surface area contributed by atoms with E-state index >= 15 is 0 Å². The quantitative estimate of drug-likeness (QED) is 0.0429. The SMILES string of the molecule is C=C(C)CCC[C@]1(C)OC(=O)[C@]23CC[C@@H]4C(=CC[C@H]5C(C)(C)[C@@H](O[C@@H]6OC[C@@H](OS(=O)(=O)O)[C@H](O)[C@H]6O[C@@H]6O[C@H](C)[C@@H](O[C@@H]7O[C@H](COS(=O)(=O)O)[C@@H](O)[C@H](O[C@@H]8O[C@H](CO)[C@@H](O)[C@H](OC)[C@H]8O)[C@H]7O)[C@H](O)[C@H]6O)CC[C@]45C)[C@]2(C)C[C@H](OC(C)=O)[C@@H]31. The third kappa shape index (κ3) is 12.8. The van der Waals surface area contributed by atoms with Crippen molar-refractivity contribution in [2.24, 2.45) is 39.4 Å². The van der Waals surface area contributed by atoms with Gasteiger partial charge in [-0.3, -0.25) is 18.7 Å². The second kappa shape index (κ2) is 25.4. The molecule has 0 aromatic heterocycles. The average molecular weight is 1290 g/mol. The number of fused-ring (bicyclic) bond motifs is 4. The van der Waals surface area contributed by atoms with Gasteiger partial charge in [-0.25, -0.2) is 8.37 Å². The second-order valence-electron chi connectivity index (χ2n) is 26.6. The number of ether oxygens (including phenoxy) is 11. The first-order valence-electron chi connectivity index (χ1n) is 29.6. The highest BCUT2D eigenvalue weighted by atomic mass is 32.3. The molecule has 0 aromatic carbocycles. The van der Waals surface area contributed by atoms with Crippen molar-refractivity contribution in [3.05, 3.63) is 23.8 Å². The highest BCUT2D eigenvalue weighted by Crippen LogP contribution is 2.77. The molecule has 5 saturated heterocycles. The summed E-state index contributed by atoms with van der Waals surface area (Å²) >= 11 is 0. The first-order chi connectivity index (χ1) is 40.5. The molecular weight excluding hydrogens is 1200 g/mol. The zero-order valence-corrected chi connectivity index (χ0v) is 51.8. The molecular formula is C56H88O29S2. The van der Waals surface area contributed by atoms with Crippen molar-refractivity contribution in [1.82, 2.24) is 0 Å². The van der Waals surface area contributed by atoms with E-state index in [1.165, 1.54) is 13.8 Å². The maximum Gasteiger partial charge on any atom is 0.397 e. The van der Waals surface area contributed by atoms with E-state index < -0.39 is 197 Å². The summed E-state index contributed by atoms with van der Waals surface area (Å²) in [6.07, 6.45) is -28.2. The first kappa shape index (κ1) is 68.8. The van der Waals surface area contributed by atoms with Crippen molar-refractivity contribution < 1.29 is 137 Å². The van der Waals surface area contributed by atoms with E-state index in [1.807, 2.05) is 13.8 Å². The van der Waals surface area contributed by atoms with Crippen LogP contribution in [-0.2, 0) is 90.9 Å². The number of esters is 2. The predicted molar refractivity (Wildman–Crippen MR) is 292 cm³/mol. The normalized spacial score (nSPS) is 48.0. The zero-order valence-electron chi connectivity index (χ0n) is 50.2. The van der Waals surface area contributed by atoms with Crippen LogP contribution in [0.1, 0.15) is 113 Å². The van der Waals surface area contributed by atoms with E-state index in [-0.39, 0.29) is 29.1 Å². The molecule has 5 aliphatic heterocycles. The Labute approximate surface area is 505 Å². The molecule has 498 valence electrons. The van der Waals surface area contributed by atoms with Crippen LogP contribution in [0.2, 0.25) is 0 Å². The van der Waals surface area contributed by atoms with Gasteiger partial charge in [-0.05, 0) is 101 Å². The minimum absolute atomic E-state index is 0.000734. The van der Waals surface area contributed by atoms with Crippen LogP contribution in [0, 0.1) is 39.4 Å². The number of rotatable bonds is 20. The van der Waals surface area contributed by atoms with Gasteiger partial charge >= 0.3 is 32.7 Å². The molecule has 9 aliphatic rings. The molecule has 0 amide bonds. The molecule has 1 spiro atoms. The molecule has 29 nitrogen and oxygen atoms in total. The van der Waals surface area contributed by atoms with Crippen LogP contribution in [0.15, 0.2) is 23.8 Å². The standard InChI is InChI=1S/C56H88O29S2/c1-24(2)12-11-17-55(9)46-29(77-26(4)58)20-54(8)28-13-14-33-52(5,6)34(16-18-53(33,7)27(28)15-19-56(46,54)51(66)84-55)80-50-45(37(61)32(22-74-50)85-87(70,71)72)83-47-39(63)38(62)42(25(3)76-47)81-49-41(65)44(36(60)31(79-49)23-75-86(67,68)69)82-48-40(64)43(73-10)35(59)30(21-57)78-48/h13,25,27,29-50,57,59-65H,1,11-12,14-23H2,2-10H3,(H,67,68,69)(H,70,71,72)/t25-,27-,29+,30-,31-,32-,33+,34+,35-,36-,37+,38-,39-,40-,41-,42-,43+,44+,45-,46-,47+,48+,49+,50+,53-,54+,55+,56-/m1/s1. The summed E-state index contributed by atoms with van der Waals surface area (Å²) in [5.74, 6) is -1.14. The summed E-state index contributed by atoms with van der Waals surface area (Å²) in [7, 11) is -9.28. The van der Waals surface area contributed by atoms with Crippen molar-refractivity contribution in [2.45, 2.75) is 248 Å².